The number of thioether (sulfide) groups is 1. The number of nitrogens with zero attached hydrogens (tertiary/aromatic N) is 1. The third-order valence-electron chi connectivity index (χ3n) is 8.45. The third-order valence-corrected chi connectivity index (χ3v) is 10.4. The van der Waals surface area contributed by atoms with Gasteiger partial charge in [-0.05, 0) is 37.7 Å². The van der Waals surface area contributed by atoms with E-state index in [0.717, 1.165) is 24.8 Å². The van der Waals surface area contributed by atoms with Crippen molar-refractivity contribution in [3.8, 4) is 0 Å². The first-order chi connectivity index (χ1) is 16.7. The number of hydrogen-bond acceptors (Lipinski definition) is 5. The minimum absolute atomic E-state index is 0.0220. The van der Waals surface area contributed by atoms with E-state index in [2.05, 4.69) is 17.6 Å². The van der Waals surface area contributed by atoms with Crippen molar-refractivity contribution >= 4 is 29.5 Å². The summed E-state index contributed by atoms with van der Waals surface area (Å²) in [4.78, 5) is 43.1. The molecular weight excluding hydrogens is 462 g/mol. The number of aliphatic hydroxyl groups is 1. The molecule has 3 amide bonds. The third kappa shape index (κ3) is 4.26. The predicted octanol–water partition coefficient (Wildman–Crippen LogP) is 2.72. The second-order valence-corrected chi connectivity index (χ2v) is 12.5. The summed E-state index contributed by atoms with van der Waals surface area (Å²) < 4.78 is -1.05. The molecule has 1 aromatic carbocycles. The number of aliphatic hydroxyl groups excluding tert-OH is 1. The zero-order chi connectivity index (χ0) is 25.4. The van der Waals surface area contributed by atoms with Gasteiger partial charge in [0.1, 0.15) is 6.04 Å². The van der Waals surface area contributed by atoms with E-state index >= 15 is 0 Å². The van der Waals surface area contributed by atoms with Gasteiger partial charge >= 0.3 is 0 Å². The quantitative estimate of drug-likeness (QED) is 0.458. The van der Waals surface area contributed by atoms with Crippen LogP contribution in [-0.4, -0.2) is 62.5 Å². The minimum Gasteiger partial charge on any atom is -0.394 e. The number of hydrogen-bond donors (Lipinski definition) is 3. The van der Waals surface area contributed by atoms with Crippen LogP contribution in [-0.2, 0) is 20.9 Å². The van der Waals surface area contributed by atoms with Gasteiger partial charge in [-0.1, -0.05) is 57.5 Å². The van der Waals surface area contributed by atoms with Crippen LogP contribution in [0.5, 0.6) is 0 Å². The van der Waals surface area contributed by atoms with Crippen LogP contribution in [0.3, 0.4) is 0 Å². The second kappa shape index (κ2) is 10.1. The molecule has 8 heteroatoms. The number of benzene rings is 1. The van der Waals surface area contributed by atoms with Gasteiger partial charge < -0.3 is 20.6 Å². The van der Waals surface area contributed by atoms with E-state index in [0.29, 0.717) is 19.5 Å². The molecule has 7 nitrogen and oxygen atoms in total. The number of fused-ring (bicyclic) bond motifs is 1. The molecule has 0 aromatic heterocycles. The number of amides is 3. The van der Waals surface area contributed by atoms with Crippen LogP contribution < -0.4 is 10.6 Å². The molecule has 1 aromatic rings. The highest BCUT2D eigenvalue weighted by Gasteiger charge is 2.77. The predicted molar refractivity (Wildman–Crippen MR) is 137 cm³/mol. The summed E-state index contributed by atoms with van der Waals surface area (Å²) in [6, 6.07) is 8.53. The molecule has 3 heterocycles. The van der Waals surface area contributed by atoms with E-state index in [1.165, 1.54) is 0 Å². The molecule has 3 aliphatic heterocycles. The highest BCUT2D eigenvalue weighted by molar-refractivity contribution is 8.02. The molecule has 192 valence electrons. The maximum Gasteiger partial charge on any atom is 0.244 e. The van der Waals surface area contributed by atoms with Crippen molar-refractivity contribution in [2.24, 2.45) is 17.8 Å². The smallest absolute Gasteiger partial charge is 0.244 e. The van der Waals surface area contributed by atoms with Crippen molar-refractivity contribution in [1.29, 1.82) is 0 Å². The lowest BCUT2D eigenvalue weighted by atomic mass is 9.66. The zero-order valence-electron chi connectivity index (χ0n) is 21.3. The van der Waals surface area contributed by atoms with Gasteiger partial charge in [-0.15, -0.1) is 11.8 Å². The molecule has 0 radical (unpaired) electrons. The van der Waals surface area contributed by atoms with Crippen LogP contribution in [0, 0.1) is 17.8 Å². The molecule has 1 spiro atoms. The van der Waals surface area contributed by atoms with Crippen LogP contribution in [0.15, 0.2) is 30.3 Å². The van der Waals surface area contributed by atoms with Crippen molar-refractivity contribution in [3.05, 3.63) is 35.9 Å². The molecule has 3 fully saturated rings. The first-order valence-corrected chi connectivity index (χ1v) is 13.8. The molecule has 4 rings (SSSR count). The molecule has 3 saturated heterocycles. The van der Waals surface area contributed by atoms with Gasteiger partial charge in [-0.2, -0.15) is 0 Å². The maximum absolute atomic E-state index is 14.2. The maximum atomic E-state index is 14.2. The number of likely N-dealkylation sites (tertiary alicyclic amines) is 1. The molecule has 35 heavy (non-hydrogen) atoms. The summed E-state index contributed by atoms with van der Waals surface area (Å²) in [6.45, 7) is 8.86. The summed E-state index contributed by atoms with van der Waals surface area (Å²) in [6.07, 6.45) is 3.09. The van der Waals surface area contributed by atoms with E-state index < -0.39 is 28.7 Å². The Kier molecular flexibility index (Phi) is 7.53. The molecule has 2 unspecified atom stereocenters. The molecule has 0 saturated carbocycles. The van der Waals surface area contributed by atoms with E-state index in [4.69, 9.17) is 0 Å². The molecule has 0 aliphatic carbocycles. The normalized spacial score (nSPS) is 32.9. The summed E-state index contributed by atoms with van der Waals surface area (Å²) in [5, 5.41) is 16.5. The van der Waals surface area contributed by atoms with Crippen LogP contribution in [0.1, 0.15) is 58.9 Å². The van der Waals surface area contributed by atoms with Gasteiger partial charge in [-0.25, -0.2) is 0 Å². The Hall–Kier alpha value is -2.06. The summed E-state index contributed by atoms with van der Waals surface area (Å²) in [5.74, 6) is -1.46. The summed E-state index contributed by atoms with van der Waals surface area (Å²) >= 11 is 1.67. The molecule has 7 atom stereocenters. The van der Waals surface area contributed by atoms with Crippen molar-refractivity contribution < 1.29 is 19.5 Å². The number of carbonyl (C=O) groups is 3. The van der Waals surface area contributed by atoms with Gasteiger partial charge in [0.15, 0.2) is 0 Å². The van der Waals surface area contributed by atoms with Crippen LogP contribution in [0.2, 0.25) is 0 Å². The Morgan fingerprint density at radius 3 is 2.51 bits per heavy atom. The van der Waals surface area contributed by atoms with Crippen LogP contribution in [0.4, 0.5) is 0 Å². The summed E-state index contributed by atoms with van der Waals surface area (Å²) in [7, 11) is 0. The van der Waals surface area contributed by atoms with E-state index in [1.54, 1.807) is 16.7 Å². The standard InChI is InChI=1S/C27H39N3O4S/c1-5-14-28-23(32)20-21-25(34)30(19(16-31)17(3)6-2)22(27(21)13-12-26(20,4)35-27)24(33)29-15-18-10-8-7-9-11-18/h7-11,17,19-22,31H,5-6,12-16H2,1-4H3,(H,28,32)(H,29,33)/t17-,19-,20-,21-,22?,26+,27?/m0/s1. The van der Waals surface area contributed by atoms with Gasteiger partial charge in [0.25, 0.3) is 0 Å². The Bertz CT molecular complexity index is 959. The molecular formula is C27H39N3O4S. The van der Waals surface area contributed by atoms with Gasteiger partial charge in [0.2, 0.25) is 17.7 Å². The topological polar surface area (TPSA) is 98.7 Å². The molecule has 3 aliphatic rings. The van der Waals surface area contributed by atoms with Crippen molar-refractivity contribution in [1.82, 2.24) is 15.5 Å². The first-order valence-electron chi connectivity index (χ1n) is 13.0. The zero-order valence-corrected chi connectivity index (χ0v) is 22.1. The lowest BCUT2D eigenvalue weighted by Crippen LogP contribution is -2.57. The number of carbonyl (C=O) groups excluding carboxylic acids is 3. The Labute approximate surface area is 212 Å². The van der Waals surface area contributed by atoms with E-state index in [9.17, 15) is 19.5 Å². The fourth-order valence-corrected chi connectivity index (χ4v) is 8.82. The SMILES string of the molecule is CCCNC(=O)[C@@H]1[C@H]2C(=O)N([C@@H](CO)[C@@H](C)CC)C(C(=O)NCc3ccccc3)C23CC[C@@]1(C)S3. The first kappa shape index (κ1) is 26.0. The molecule has 3 N–H and O–H groups in total. The van der Waals surface area contributed by atoms with E-state index in [-0.39, 0.29) is 35.0 Å². The fourth-order valence-electron chi connectivity index (χ4n) is 6.48. The number of rotatable bonds is 10. The average Bonchev–Trinajstić information content (AvgIpc) is 3.43. The van der Waals surface area contributed by atoms with Crippen molar-refractivity contribution in [2.75, 3.05) is 13.2 Å². The monoisotopic (exact) mass is 501 g/mol. The van der Waals surface area contributed by atoms with Crippen molar-refractivity contribution in [2.45, 2.75) is 81.5 Å². The highest BCUT2D eigenvalue weighted by atomic mass is 32.2. The second-order valence-electron chi connectivity index (χ2n) is 10.6. The lowest BCUT2D eigenvalue weighted by Gasteiger charge is -2.39. The fraction of sp³-hybridized carbons (Fsp3) is 0.667. The Balaban J connectivity index is 1.72. The van der Waals surface area contributed by atoms with E-state index in [1.807, 2.05) is 51.1 Å². The lowest BCUT2D eigenvalue weighted by molar-refractivity contribution is -0.144. The Morgan fingerprint density at radius 1 is 1.17 bits per heavy atom. The average molecular weight is 502 g/mol. The minimum atomic E-state index is -0.717. The van der Waals surface area contributed by atoms with Crippen LogP contribution in [0.25, 0.3) is 0 Å². The van der Waals surface area contributed by atoms with Gasteiger partial charge in [0.05, 0.1) is 29.2 Å². The summed E-state index contributed by atoms with van der Waals surface area (Å²) in [5.41, 5.74) is 0.985. The Morgan fingerprint density at radius 2 is 1.89 bits per heavy atom. The molecule has 2 bridgehead atoms. The van der Waals surface area contributed by atoms with Gasteiger partial charge in [-0.3, -0.25) is 14.4 Å². The van der Waals surface area contributed by atoms with Crippen LogP contribution >= 0.6 is 11.8 Å². The van der Waals surface area contributed by atoms with Gasteiger partial charge in [0, 0.05) is 17.8 Å². The van der Waals surface area contributed by atoms with Crippen molar-refractivity contribution in [3.63, 3.8) is 0 Å². The number of nitrogens with one attached hydrogen (secondary N) is 2. The highest BCUT2D eigenvalue weighted by Crippen LogP contribution is 2.71. The largest absolute Gasteiger partial charge is 0.394 e.